The van der Waals surface area contributed by atoms with Crippen LogP contribution in [0.15, 0.2) is 23.6 Å². The Labute approximate surface area is 117 Å². The SMILES string of the molecule is CC(=O)Nc1nc(-c2cc(C)cc(C(F)(F)F)c2)cs1. The highest BCUT2D eigenvalue weighted by Crippen LogP contribution is 2.34. The minimum absolute atomic E-state index is 0.272. The molecule has 1 aromatic heterocycles. The highest BCUT2D eigenvalue weighted by atomic mass is 32.1. The van der Waals surface area contributed by atoms with Crippen molar-refractivity contribution in [2.24, 2.45) is 0 Å². The monoisotopic (exact) mass is 300 g/mol. The van der Waals surface area contributed by atoms with E-state index in [2.05, 4.69) is 10.3 Å². The highest BCUT2D eigenvalue weighted by molar-refractivity contribution is 7.14. The fourth-order valence-electron chi connectivity index (χ4n) is 1.71. The summed E-state index contributed by atoms with van der Waals surface area (Å²) in [6.45, 7) is 2.94. The smallest absolute Gasteiger partial charge is 0.302 e. The summed E-state index contributed by atoms with van der Waals surface area (Å²) in [5, 5.41) is 4.48. The van der Waals surface area contributed by atoms with Gasteiger partial charge in [0.1, 0.15) is 0 Å². The largest absolute Gasteiger partial charge is 0.416 e. The summed E-state index contributed by atoms with van der Waals surface area (Å²) >= 11 is 1.17. The fraction of sp³-hybridized carbons (Fsp3) is 0.231. The summed E-state index contributed by atoms with van der Waals surface area (Å²) in [4.78, 5) is 15.0. The number of hydrogen-bond acceptors (Lipinski definition) is 3. The Hall–Kier alpha value is -1.89. The van der Waals surface area contributed by atoms with E-state index in [9.17, 15) is 18.0 Å². The van der Waals surface area contributed by atoms with E-state index in [0.717, 1.165) is 12.1 Å². The van der Waals surface area contributed by atoms with Crippen LogP contribution in [0.4, 0.5) is 18.3 Å². The average Bonchev–Trinajstić information content (AvgIpc) is 2.74. The van der Waals surface area contributed by atoms with Crippen LogP contribution < -0.4 is 5.32 Å². The second-order valence-electron chi connectivity index (χ2n) is 4.30. The van der Waals surface area contributed by atoms with E-state index in [4.69, 9.17) is 0 Å². The van der Waals surface area contributed by atoms with Crippen LogP contribution in [0.25, 0.3) is 11.3 Å². The number of aromatic nitrogens is 1. The lowest BCUT2D eigenvalue weighted by atomic mass is 10.0. The summed E-state index contributed by atoms with van der Waals surface area (Å²) in [6, 6.07) is 3.77. The molecule has 0 saturated heterocycles. The van der Waals surface area contributed by atoms with Gasteiger partial charge in [0, 0.05) is 17.9 Å². The van der Waals surface area contributed by atoms with E-state index in [-0.39, 0.29) is 5.91 Å². The lowest BCUT2D eigenvalue weighted by molar-refractivity contribution is -0.137. The average molecular weight is 300 g/mol. The van der Waals surface area contributed by atoms with E-state index in [1.54, 1.807) is 18.4 Å². The molecule has 1 heterocycles. The topological polar surface area (TPSA) is 42.0 Å². The number of anilines is 1. The van der Waals surface area contributed by atoms with Gasteiger partial charge in [0.2, 0.25) is 5.91 Å². The molecule has 2 aromatic rings. The van der Waals surface area contributed by atoms with Gasteiger partial charge >= 0.3 is 6.18 Å². The zero-order chi connectivity index (χ0) is 14.9. The Morgan fingerprint density at radius 2 is 2.00 bits per heavy atom. The molecule has 0 aliphatic carbocycles. The minimum Gasteiger partial charge on any atom is -0.302 e. The van der Waals surface area contributed by atoms with Crippen LogP contribution in [0.3, 0.4) is 0 Å². The van der Waals surface area contributed by atoms with Crippen molar-refractivity contribution < 1.29 is 18.0 Å². The van der Waals surface area contributed by atoms with Gasteiger partial charge in [-0.3, -0.25) is 4.79 Å². The Morgan fingerprint density at radius 1 is 1.30 bits per heavy atom. The van der Waals surface area contributed by atoms with Crippen molar-refractivity contribution in [3.8, 4) is 11.3 Å². The van der Waals surface area contributed by atoms with Crippen molar-refractivity contribution in [3.05, 3.63) is 34.7 Å². The third kappa shape index (κ3) is 3.36. The van der Waals surface area contributed by atoms with Crippen LogP contribution in [0.1, 0.15) is 18.1 Å². The first-order valence-electron chi connectivity index (χ1n) is 5.68. The van der Waals surface area contributed by atoms with Crippen LogP contribution in [-0.2, 0) is 11.0 Å². The van der Waals surface area contributed by atoms with Crippen LogP contribution in [0.5, 0.6) is 0 Å². The number of nitrogens with one attached hydrogen (secondary N) is 1. The molecule has 0 unspecified atom stereocenters. The van der Waals surface area contributed by atoms with Crippen molar-refractivity contribution in [3.63, 3.8) is 0 Å². The molecular formula is C13H11F3N2OS. The molecular weight excluding hydrogens is 289 g/mol. The molecule has 3 nitrogen and oxygen atoms in total. The van der Waals surface area contributed by atoms with Crippen molar-refractivity contribution in [1.82, 2.24) is 4.98 Å². The maximum absolute atomic E-state index is 12.8. The molecule has 0 atom stereocenters. The van der Waals surface area contributed by atoms with Gasteiger partial charge in [-0.05, 0) is 30.7 Å². The number of hydrogen-bond donors (Lipinski definition) is 1. The van der Waals surface area contributed by atoms with Gasteiger partial charge in [0.25, 0.3) is 0 Å². The van der Waals surface area contributed by atoms with Crippen molar-refractivity contribution in [2.75, 3.05) is 5.32 Å². The Balaban J connectivity index is 2.40. The van der Waals surface area contributed by atoms with E-state index in [1.165, 1.54) is 18.3 Å². The summed E-state index contributed by atoms with van der Waals surface area (Å²) < 4.78 is 38.3. The highest BCUT2D eigenvalue weighted by Gasteiger charge is 2.31. The molecule has 0 saturated carbocycles. The molecule has 106 valence electrons. The summed E-state index contributed by atoms with van der Waals surface area (Å²) in [6.07, 6.45) is -4.39. The number of alkyl halides is 3. The molecule has 7 heteroatoms. The zero-order valence-electron chi connectivity index (χ0n) is 10.7. The summed E-state index contributed by atoms with van der Waals surface area (Å²) in [7, 11) is 0. The lowest BCUT2D eigenvalue weighted by Gasteiger charge is -2.09. The van der Waals surface area contributed by atoms with Crippen LogP contribution in [0, 0.1) is 6.92 Å². The molecule has 2 rings (SSSR count). The van der Waals surface area contributed by atoms with E-state index in [0.29, 0.717) is 22.0 Å². The van der Waals surface area contributed by atoms with Gasteiger partial charge < -0.3 is 5.32 Å². The Kier molecular flexibility index (Phi) is 3.80. The van der Waals surface area contributed by atoms with Crippen LogP contribution >= 0.6 is 11.3 Å². The fourth-order valence-corrected chi connectivity index (χ4v) is 2.47. The molecule has 1 amide bonds. The van der Waals surface area contributed by atoms with Crippen molar-refractivity contribution in [1.29, 1.82) is 0 Å². The summed E-state index contributed by atoms with van der Waals surface area (Å²) in [5.41, 5.74) is 0.587. The van der Waals surface area contributed by atoms with Gasteiger partial charge in [-0.1, -0.05) is 0 Å². The number of aryl methyl sites for hydroxylation is 1. The molecule has 0 spiro atoms. The number of halogens is 3. The van der Waals surface area contributed by atoms with Crippen molar-refractivity contribution in [2.45, 2.75) is 20.0 Å². The Bertz CT molecular complexity index is 649. The first kappa shape index (κ1) is 14.5. The Morgan fingerprint density at radius 3 is 2.60 bits per heavy atom. The molecule has 0 radical (unpaired) electrons. The van der Waals surface area contributed by atoms with Gasteiger partial charge in [-0.15, -0.1) is 11.3 Å². The molecule has 1 aromatic carbocycles. The van der Waals surface area contributed by atoms with Crippen molar-refractivity contribution >= 4 is 22.4 Å². The van der Waals surface area contributed by atoms with Gasteiger partial charge in [-0.25, -0.2) is 4.98 Å². The number of carbonyl (C=O) groups excluding carboxylic acids is 1. The number of nitrogens with zero attached hydrogens (tertiary/aromatic N) is 1. The second-order valence-corrected chi connectivity index (χ2v) is 5.16. The van der Waals surface area contributed by atoms with E-state index in [1.807, 2.05) is 0 Å². The number of rotatable bonds is 2. The first-order chi connectivity index (χ1) is 9.25. The maximum Gasteiger partial charge on any atom is 0.416 e. The lowest BCUT2D eigenvalue weighted by Crippen LogP contribution is -2.06. The predicted octanol–water partition coefficient (Wildman–Crippen LogP) is 4.10. The summed E-state index contributed by atoms with van der Waals surface area (Å²) in [5.74, 6) is -0.272. The van der Waals surface area contributed by atoms with Crippen LogP contribution in [0.2, 0.25) is 0 Å². The van der Waals surface area contributed by atoms with E-state index >= 15 is 0 Å². The second kappa shape index (κ2) is 5.24. The number of benzene rings is 1. The minimum atomic E-state index is -4.39. The number of amides is 1. The number of carbonyl (C=O) groups is 1. The molecule has 0 fully saturated rings. The third-order valence-electron chi connectivity index (χ3n) is 2.49. The molecule has 1 N–H and O–H groups in total. The van der Waals surface area contributed by atoms with Gasteiger partial charge in [0.15, 0.2) is 5.13 Å². The maximum atomic E-state index is 12.8. The third-order valence-corrected chi connectivity index (χ3v) is 3.25. The molecule has 0 bridgehead atoms. The normalized spacial score (nSPS) is 11.4. The quantitative estimate of drug-likeness (QED) is 0.907. The van der Waals surface area contributed by atoms with Gasteiger partial charge in [-0.2, -0.15) is 13.2 Å². The molecule has 0 aliphatic heterocycles. The first-order valence-corrected chi connectivity index (χ1v) is 6.56. The van der Waals surface area contributed by atoms with E-state index < -0.39 is 11.7 Å². The molecule has 20 heavy (non-hydrogen) atoms. The number of thiazole rings is 1. The zero-order valence-corrected chi connectivity index (χ0v) is 11.5. The van der Waals surface area contributed by atoms with Crippen LogP contribution in [-0.4, -0.2) is 10.9 Å². The van der Waals surface area contributed by atoms with Gasteiger partial charge in [0.05, 0.1) is 11.3 Å². The standard InChI is InChI=1S/C13H11F3N2OS/c1-7-3-9(5-10(4-7)13(14,15)16)11-6-20-12(18-11)17-8(2)19/h3-6H,1-2H3,(H,17,18,19). The predicted molar refractivity (Wildman–Crippen MR) is 71.6 cm³/mol. The molecule has 0 aliphatic rings.